The van der Waals surface area contributed by atoms with Gasteiger partial charge in [-0.1, -0.05) is 25.1 Å². The van der Waals surface area contributed by atoms with Crippen molar-refractivity contribution in [1.29, 1.82) is 0 Å². The highest BCUT2D eigenvalue weighted by atomic mass is 32.1. The molecule has 0 spiro atoms. The van der Waals surface area contributed by atoms with E-state index < -0.39 is 0 Å². The van der Waals surface area contributed by atoms with Gasteiger partial charge in [0.1, 0.15) is 5.58 Å². The fraction of sp³-hybridized carbons (Fsp3) is 0.250. The zero-order valence-electron chi connectivity index (χ0n) is 10.9. The molecule has 1 aromatic carbocycles. The zero-order chi connectivity index (χ0) is 13.2. The Morgan fingerprint density at radius 2 is 1.95 bits per heavy atom. The average molecular weight is 271 g/mol. The average Bonchev–Trinajstić information content (AvgIpc) is 3.04. The van der Waals surface area contributed by atoms with Gasteiger partial charge in [-0.25, -0.2) is 0 Å². The molecular weight excluding hydrogens is 254 g/mol. The molecule has 0 aliphatic rings. The van der Waals surface area contributed by atoms with Crippen LogP contribution in [0.1, 0.15) is 28.3 Å². The highest BCUT2D eigenvalue weighted by molar-refractivity contribution is 7.11. The lowest BCUT2D eigenvalue weighted by molar-refractivity contribution is 0.600. The molecule has 2 N–H and O–H groups in total. The van der Waals surface area contributed by atoms with Crippen LogP contribution in [0.3, 0.4) is 0 Å². The smallest absolute Gasteiger partial charge is 0.134 e. The normalized spacial score (nSPS) is 12.9. The third kappa shape index (κ3) is 2.44. The third-order valence-corrected chi connectivity index (χ3v) is 4.65. The molecule has 1 atom stereocenters. The van der Waals surface area contributed by atoms with Gasteiger partial charge in [-0.2, -0.15) is 0 Å². The lowest BCUT2D eigenvalue weighted by atomic mass is 10.0. The molecule has 0 saturated heterocycles. The Bertz CT molecular complexity index is 683. The number of fused-ring (bicyclic) bond motifs is 1. The molecule has 0 amide bonds. The summed E-state index contributed by atoms with van der Waals surface area (Å²) < 4.78 is 5.56. The number of furan rings is 1. The molecule has 3 rings (SSSR count). The quantitative estimate of drug-likeness (QED) is 0.768. The van der Waals surface area contributed by atoms with E-state index in [9.17, 15) is 0 Å². The number of aryl methyl sites for hydroxylation is 1. The lowest BCUT2D eigenvalue weighted by Crippen LogP contribution is -2.12. The van der Waals surface area contributed by atoms with Crippen molar-refractivity contribution >= 4 is 22.3 Å². The van der Waals surface area contributed by atoms with Crippen molar-refractivity contribution < 1.29 is 4.42 Å². The van der Waals surface area contributed by atoms with E-state index in [0.29, 0.717) is 0 Å². The van der Waals surface area contributed by atoms with Crippen molar-refractivity contribution in [2.24, 2.45) is 5.73 Å². The van der Waals surface area contributed by atoms with Gasteiger partial charge in [-0.05, 0) is 24.6 Å². The first-order valence-corrected chi connectivity index (χ1v) is 7.39. The summed E-state index contributed by atoms with van der Waals surface area (Å²) in [5, 5.41) is 1.13. The van der Waals surface area contributed by atoms with Crippen molar-refractivity contribution in [2.45, 2.75) is 25.8 Å². The van der Waals surface area contributed by atoms with E-state index >= 15 is 0 Å². The fourth-order valence-corrected chi connectivity index (χ4v) is 3.35. The third-order valence-electron chi connectivity index (χ3n) is 3.40. The van der Waals surface area contributed by atoms with Crippen LogP contribution in [0, 0.1) is 0 Å². The van der Waals surface area contributed by atoms with Crippen LogP contribution < -0.4 is 5.73 Å². The zero-order valence-corrected chi connectivity index (χ0v) is 11.7. The minimum Gasteiger partial charge on any atom is -0.464 e. The van der Waals surface area contributed by atoms with Crippen LogP contribution in [-0.2, 0) is 12.8 Å². The maximum absolute atomic E-state index is 6.33. The summed E-state index contributed by atoms with van der Waals surface area (Å²) in [6.45, 7) is 2.18. The number of hydrogen-bond donors (Lipinski definition) is 1. The van der Waals surface area contributed by atoms with Gasteiger partial charge in [-0.15, -0.1) is 11.3 Å². The Kier molecular flexibility index (Phi) is 3.40. The van der Waals surface area contributed by atoms with Crippen LogP contribution >= 0.6 is 11.3 Å². The summed E-state index contributed by atoms with van der Waals surface area (Å²) in [4.78, 5) is 2.76. The van der Waals surface area contributed by atoms with Crippen LogP contribution in [0.2, 0.25) is 0 Å². The van der Waals surface area contributed by atoms with Crippen LogP contribution in [-0.4, -0.2) is 0 Å². The molecule has 0 bridgehead atoms. The van der Waals surface area contributed by atoms with Crippen molar-refractivity contribution in [3.05, 3.63) is 58.0 Å². The maximum atomic E-state index is 6.33. The molecule has 3 heteroatoms. The van der Waals surface area contributed by atoms with Gasteiger partial charge in [0.15, 0.2) is 0 Å². The lowest BCUT2D eigenvalue weighted by Gasteiger charge is -2.08. The van der Waals surface area contributed by atoms with Crippen molar-refractivity contribution in [3.63, 3.8) is 0 Å². The maximum Gasteiger partial charge on any atom is 0.134 e. The molecule has 2 nitrogen and oxygen atoms in total. The molecule has 98 valence electrons. The summed E-state index contributed by atoms with van der Waals surface area (Å²) in [5.41, 5.74) is 8.34. The van der Waals surface area contributed by atoms with Gasteiger partial charge < -0.3 is 10.2 Å². The first-order valence-electron chi connectivity index (χ1n) is 6.57. The minimum atomic E-state index is -0.00740. The Labute approximate surface area is 116 Å². The Morgan fingerprint density at radius 3 is 2.74 bits per heavy atom. The van der Waals surface area contributed by atoms with Crippen LogP contribution in [0.4, 0.5) is 0 Å². The highest BCUT2D eigenvalue weighted by Gasteiger charge is 2.14. The molecule has 2 heterocycles. The van der Waals surface area contributed by atoms with Crippen molar-refractivity contribution in [3.8, 4) is 0 Å². The first-order chi connectivity index (χ1) is 9.28. The van der Waals surface area contributed by atoms with Gasteiger partial charge in [0.25, 0.3) is 0 Å². The predicted octanol–water partition coefficient (Wildman–Crippen LogP) is 4.30. The highest BCUT2D eigenvalue weighted by Crippen LogP contribution is 2.28. The SMILES string of the molecule is CCc1ccc(CC(N)c2coc3ccccc23)s1. The van der Waals surface area contributed by atoms with E-state index in [0.717, 1.165) is 29.4 Å². The van der Waals surface area contributed by atoms with Crippen molar-refractivity contribution in [1.82, 2.24) is 0 Å². The molecule has 0 radical (unpaired) electrons. The Balaban J connectivity index is 1.85. The molecule has 19 heavy (non-hydrogen) atoms. The molecule has 0 fully saturated rings. The number of thiophene rings is 1. The molecule has 3 aromatic rings. The fourth-order valence-electron chi connectivity index (χ4n) is 2.33. The van der Waals surface area contributed by atoms with Gasteiger partial charge in [0.05, 0.1) is 6.26 Å². The summed E-state index contributed by atoms with van der Waals surface area (Å²) in [7, 11) is 0. The van der Waals surface area contributed by atoms with E-state index in [1.54, 1.807) is 6.26 Å². The van der Waals surface area contributed by atoms with Gasteiger partial charge in [0.2, 0.25) is 0 Å². The summed E-state index contributed by atoms with van der Waals surface area (Å²) in [6.07, 6.45) is 3.76. The second-order valence-corrected chi connectivity index (χ2v) is 5.97. The molecule has 2 aromatic heterocycles. The van der Waals surface area contributed by atoms with Crippen LogP contribution in [0.15, 0.2) is 47.1 Å². The minimum absolute atomic E-state index is 0.00740. The topological polar surface area (TPSA) is 39.2 Å². The van der Waals surface area contributed by atoms with E-state index in [4.69, 9.17) is 10.2 Å². The predicted molar refractivity (Wildman–Crippen MR) is 80.5 cm³/mol. The van der Waals surface area contributed by atoms with E-state index in [1.807, 2.05) is 29.5 Å². The number of benzene rings is 1. The van der Waals surface area contributed by atoms with Crippen molar-refractivity contribution in [2.75, 3.05) is 0 Å². The number of nitrogens with two attached hydrogens (primary N) is 1. The largest absolute Gasteiger partial charge is 0.464 e. The first kappa shape index (κ1) is 12.5. The van der Waals surface area contributed by atoms with E-state index in [1.165, 1.54) is 9.75 Å². The second kappa shape index (κ2) is 5.19. The summed E-state index contributed by atoms with van der Waals surface area (Å²) in [6, 6.07) is 12.4. The molecule has 1 unspecified atom stereocenters. The summed E-state index contributed by atoms with van der Waals surface area (Å²) in [5.74, 6) is 0. The molecule has 0 saturated carbocycles. The standard InChI is InChI=1S/C16H17NOS/c1-2-11-7-8-12(19-11)9-15(17)14-10-18-16-6-4-3-5-13(14)16/h3-8,10,15H,2,9,17H2,1H3. The summed E-state index contributed by atoms with van der Waals surface area (Å²) >= 11 is 1.85. The molecule has 0 aliphatic carbocycles. The van der Waals surface area contributed by atoms with E-state index in [-0.39, 0.29) is 6.04 Å². The van der Waals surface area contributed by atoms with Crippen LogP contribution in [0.25, 0.3) is 11.0 Å². The van der Waals surface area contributed by atoms with Gasteiger partial charge in [0, 0.05) is 33.2 Å². The number of rotatable bonds is 4. The van der Waals surface area contributed by atoms with E-state index in [2.05, 4.69) is 25.1 Å². The number of para-hydroxylation sites is 1. The monoisotopic (exact) mass is 271 g/mol. The van der Waals surface area contributed by atoms with Crippen LogP contribution in [0.5, 0.6) is 0 Å². The molecule has 0 aliphatic heterocycles. The number of hydrogen-bond acceptors (Lipinski definition) is 3. The van der Waals surface area contributed by atoms with Gasteiger partial charge in [-0.3, -0.25) is 0 Å². The molecular formula is C16H17NOS. The van der Waals surface area contributed by atoms with Gasteiger partial charge >= 0.3 is 0 Å². The Morgan fingerprint density at radius 1 is 1.16 bits per heavy atom. The second-order valence-electron chi connectivity index (χ2n) is 4.72. The Hall–Kier alpha value is -1.58.